The number of nitrogens with zero attached hydrogens (tertiary/aromatic N) is 2. The van der Waals surface area contributed by atoms with Crippen molar-refractivity contribution in [3.05, 3.63) is 253 Å². The van der Waals surface area contributed by atoms with Gasteiger partial charge in [0.25, 0.3) is 0 Å². The third kappa shape index (κ3) is 9.21. The van der Waals surface area contributed by atoms with Crippen LogP contribution in [0.1, 0.15) is 43.9 Å². The van der Waals surface area contributed by atoms with E-state index < -0.39 is 0 Å². The Balaban J connectivity index is 1.05. The Morgan fingerprint density at radius 2 is 0.592 bits per heavy atom. The standard InChI is InChI=1S/C70H62N2O4/c1-69(2)47-70(3,52-28-30-53(31-29-52)71(54-33-38-65(73-4)59(42-54)48-20-12-8-13-21-48)55-34-39-66(74-5)60(43-55)49-22-14-9-15-23-49)64-46-58(32-37-63(64)69)72(56-35-40-67(75-6)61(44-56)50-24-16-10-17-25-50)57-36-41-68(76-7)62(45-57)51-26-18-11-19-27-51/h8-46H,47H2,1-7H3. The molecule has 0 bridgehead atoms. The van der Waals surface area contributed by atoms with E-state index in [-0.39, 0.29) is 10.8 Å². The fourth-order valence-electron chi connectivity index (χ4n) is 11.6. The van der Waals surface area contributed by atoms with Gasteiger partial charge in [-0.25, -0.2) is 0 Å². The van der Waals surface area contributed by atoms with E-state index in [0.717, 1.165) is 108 Å². The minimum atomic E-state index is -0.338. The molecule has 0 radical (unpaired) electrons. The first-order valence-electron chi connectivity index (χ1n) is 25.9. The molecule has 1 aliphatic carbocycles. The van der Waals surface area contributed by atoms with Crippen LogP contribution in [-0.4, -0.2) is 28.4 Å². The molecule has 0 N–H and O–H groups in total. The number of hydrogen-bond acceptors (Lipinski definition) is 6. The minimum Gasteiger partial charge on any atom is -0.496 e. The summed E-state index contributed by atoms with van der Waals surface area (Å²) < 4.78 is 24.0. The normalized spacial score (nSPS) is 14.4. The van der Waals surface area contributed by atoms with Crippen molar-refractivity contribution < 1.29 is 18.9 Å². The van der Waals surface area contributed by atoms with Crippen molar-refractivity contribution in [2.24, 2.45) is 0 Å². The highest BCUT2D eigenvalue weighted by Crippen LogP contribution is 2.55. The van der Waals surface area contributed by atoms with Crippen molar-refractivity contribution in [1.29, 1.82) is 0 Å². The zero-order chi connectivity index (χ0) is 52.4. The third-order valence-corrected chi connectivity index (χ3v) is 15.2. The molecule has 376 valence electrons. The maximum Gasteiger partial charge on any atom is 0.126 e. The lowest BCUT2D eigenvalue weighted by molar-refractivity contribution is 0.416. The minimum absolute atomic E-state index is 0.104. The number of benzene rings is 10. The largest absolute Gasteiger partial charge is 0.496 e. The molecule has 0 spiro atoms. The molecule has 1 atom stereocenters. The number of anilines is 6. The molecular weight excluding hydrogens is 933 g/mol. The van der Waals surface area contributed by atoms with Crippen LogP contribution in [0.3, 0.4) is 0 Å². The van der Waals surface area contributed by atoms with E-state index in [9.17, 15) is 0 Å². The summed E-state index contributed by atoms with van der Waals surface area (Å²) in [5.74, 6) is 3.25. The van der Waals surface area contributed by atoms with E-state index in [4.69, 9.17) is 18.9 Å². The molecule has 1 unspecified atom stereocenters. The molecule has 6 nitrogen and oxygen atoms in total. The fourth-order valence-corrected chi connectivity index (χ4v) is 11.6. The maximum absolute atomic E-state index is 6.00. The first-order chi connectivity index (χ1) is 37.1. The van der Waals surface area contributed by atoms with Crippen LogP contribution in [0.4, 0.5) is 34.1 Å². The molecule has 0 aliphatic heterocycles. The van der Waals surface area contributed by atoms with Crippen LogP contribution in [0.25, 0.3) is 44.5 Å². The highest BCUT2D eigenvalue weighted by atomic mass is 16.5. The summed E-state index contributed by atoms with van der Waals surface area (Å²) in [6, 6.07) is 84.1. The Hall–Kier alpha value is -9.00. The molecule has 0 amide bonds. The summed E-state index contributed by atoms with van der Waals surface area (Å²) in [5, 5.41) is 0. The fraction of sp³-hybridized carbons (Fsp3) is 0.143. The van der Waals surface area contributed by atoms with E-state index in [1.807, 2.05) is 24.3 Å². The molecule has 10 aromatic carbocycles. The van der Waals surface area contributed by atoms with Gasteiger partial charge in [0, 0.05) is 61.8 Å². The van der Waals surface area contributed by atoms with Gasteiger partial charge in [-0.05, 0) is 148 Å². The van der Waals surface area contributed by atoms with Crippen molar-refractivity contribution in [3.63, 3.8) is 0 Å². The molecule has 0 saturated carbocycles. The van der Waals surface area contributed by atoms with E-state index in [1.165, 1.54) is 16.7 Å². The van der Waals surface area contributed by atoms with Crippen molar-refractivity contribution in [2.45, 2.75) is 38.0 Å². The molecule has 6 heteroatoms. The van der Waals surface area contributed by atoms with Crippen LogP contribution in [-0.2, 0) is 10.8 Å². The summed E-state index contributed by atoms with van der Waals surface area (Å²) in [5.41, 5.74) is 18.0. The van der Waals surface area contributed by atoms with Crippen LogP contribution >= 0.6 is 0 Å². The Labute approximate surface area is 448 Å². The molecule has 0 fully saturated rings. The van der Waals surface area contributed by atoms with Gasteiger partial charge >= 0.3 is 0 Å². The van der Waals surface area contributed by atoms with E-state index in [0.29, 0.717) is 0 Å². The van der Waals surface area contributed by atoms with Gasteiger partial charge in [-0.15, -0.1) is 0 Å². The van der Waals surface area contributed by atoms with Gasteiger partial charge in [-0.2, -0.15) is 0 Å². The second-order valence-corrected chi connectivity index (χ2v) is 20.3. The highest BCUT2D eigenvalue weighted by molar-refractivity contribution is 5.88. The van der Waals surface area contributed by atoms with Gasteiger partial charge in [0.05, 0.1) is 28.4 Å². The SMILES string of the molecule is COc1ccc(N(c2ccc(C3(C)CC(C)(C)c4ccc(N(c5ccc(OC)c(-c6ccccc6)c5)c5ccc(OC)c(-c6ccccc6)c5)cc43)cc2)c2ccc(OC)c(-c3ccccc3)c2)cc1-c1ccccc1. The summed E-state index contributed by atoms with van der Waals surface area (Å²) in [6.07, 6.45) is 0.932. The van der Waals surface area contributed by atoms with Crippen molar-refractivity contribution >= 4 is 34.1 Å². The van der Waals surface area contributed by atoms with Crippen LogP contribution in [0, 0.1) is 0 Å². The highest BCUT2D eigenvalue weighted by Gasteiger charge is 2.46. The Morgan fingerprint density at radius 1 is 0.303 bits per heavy atom. The molecule has 76 heavy (non-hydrogen) atoms. The quantitative estimate of drug-likeness (QED) is 0.102. The van der Waals surface area contributed by atoms with Gasteiger partial charge in [-0.3, -0.25) is 0 Å². The Morgan fingerprint density at radius 3 is 0.921 bits per heavy atom. The van der Waals surface area contributed by atoms with E-state index in [2.05, 4.69) is 243 Å². The molecule has 10 aromatic rings. The molecule has 0 heterocycles. The van der Waals surface area contributed by atoms with Gasteiger partial charge in [0.2, 0.25) is 0 Å². The number of rotatable bonds is 15. The van der Waals surface area contributed by atoms with Crippen molar-refractivity contribution in [2.75, 3.05) is 38.2 Å². The first kappa shape index (κ1) is 49.2. The average molecular weight is 995 g/mol. The van der Waals surface area contributed by atoms with Crippen molar-refractivity contribution in [1.82, 2.24) is 0 Å². The predicted octanol–water partition coefficient (Wildman–Crippen LogP) is 18.3. The van der Waals surface area contributed by atoms with Gasteiger partial charge in [0.15, 0.2) is 0 Å². The van der Waals surface area contributed by atoms with Crippen LogP contribution < -0.4 is 28.7 Å². The molecule has 0 aromatic heterocycles. The lowest BCUT2D eigenvalue weighted by Crippen LogP contribution is -2.23. The Kier molecular flexibility index (Phi) is 13.4. The third-order valence-electron chi connectivity index (χ3n) is 15.2. The number of methoxy groups -OCH3 is 4. The van der Waals surface area contributed by atoms with Gasteiger partial charge in [-0.1, -0.05) is 160 Å². The average Bonchev–Trinajstić information content (AvgIpc) is 3.88. The molecule has 11 rings (SSSR count). The first-order valence-corrected chi connectivity index (χ1v) is 25.9. The van der Waals surface area contributed by atoms with Gasteiger partial charge in [0.1, 0.15) is 23.0 Å². The number of ether oxygens (including phenoxy) is 4. The Bertz CT molecular complexity index is 3470. The lowest BCUT2D eigenvalue weighted by atomic mass is 9.75. The second-order valence-electron chi connectivity index (χ2n) is 20.3. The smallest absolute Gasteiger partial charge is 0.126 e. The van der Waals surface area contributed by atoms with Crippen molar-refractivity contribution in [3.8, 4) is 67.5 Å². The van der Waals surface area contributed by atoms with E-state index >= 15 is 0 Å². The lowest BCUT2D eigenvalue weighted by Gasteiger charge is -2.32. The second kappa shape index (κ2) is 20.7. The van der Waals surface area contributed by atoms with Crippen LogP contribution in [0.15, 0.2) is 237 Å². The topological polar surface area (TPSA) is 43.4 Å². The number of hydrogen-bond donors (Lipinski definition) is 0. The molecule has 0 saturated heterocycles. The predicted molar refractivity (Wildman–Crippen MR) is 314 cm³/mol. The summed E-state index contributed by atoms with van der Waals surface area (Å²) in [7, 11) is 6.95. The molecular formula is C70H62N2O4. The zero-order valence-corrected chi connectivity index (χ0v) is 44.3. The zero-order valence-electron chi connectivity index (χ0n) is 44.3. The van der Waals surface area contributed by atoms with Gasteiger partial charge < -0.3 is 28.7 Å². The van der Waals surface area contributed by atoms with E-state index in [1.54, 1.807) is 28.4 Å². The van der Waals surface area contributed by atoms with Crippen LogP contribution in [0.2, 0.25) is 0 Å². The summed E-state index contributed by atoms with van der Waals surface area (Å²) in [6.45, 7) is 7.20. The van der Waals surface area contributed by atoms with Crippen LogP contribution in [0.5, 0.6) is 23.0 Å². The summed E-state index contributed by atoms with van der Waals surface area (Å²) in [4.78, 5) is 4.71. The number of fused-ring (bicyclic) bond motifs is 1. The summed E-state index contributed by atoms with van der Waals surface area (Å²) >= 11 is 0. The monoisotopic (exact) mass is 994 g/mol. The molecule has 1 aliphatic rings. The maximum atomic E-state index is 6.00.